The van der Waals surface area contributed by atoms with E-state index < -0.39 is 23.6 Å². The zero-order valence-electron chi connectivity index (χ0n) is 14.1. The van der Waals surface area contributed by atoms with Crippen molar-refractivity contribution in [3.8, 4) is 5.75 Å². The second kappa shape index (κ2) is 9.40. The molecule has 5 heteroatoms. The fourth-order valence-corrected chi connectivity index (χ4v) is 3.04. The molecule has 1 aliphatic rings. The van der Waals surface area contributed by atoms with E-state index >= 15 is 0 Å². The Morgan fingerprint density at radius 2 is 1.75 bits per heavy atom. The van der Waals surface area contributed by atoms with Crippen LogP contribution in [0, 0.1) is 17.7 Å². The van der Waals surface area contributed by atoms with Crippen molar-refractivity contribution in [3.63, 3.8) is 0 Å². The largest absolute Gasteiger partial charge is 0.465 e. The first-order chi connectivity index (χ1) is 11.6. The Morgan fingerprint density at radius 1 is 1.08 bits per heavy atom. The van der Waals surface area contributed by atoms with Gasteiger partial charge in [-0.25, -0.2) is 4.39 Å². The molecule has 1 aromatic rings. The molecule has 0 heterocycles. The minimum Gasteiger partial charge on any atom is -0.465 e. The summed E-state index contributed by atoms with van der Waals surface area (Å²) in [6, 6.07) is 5.78. The van der Waals surface area contributed by atoms with Crippen molar-refractivity contribution in [1.29, 1.82) is 0 Å². The maximum atomic E-state index is 13.6. The fraction of sp³-hybridized carbons (Fsp3) is 0.579. The molecule has 0 N–H and O–H groups in total. The molecular weight excluding hydrogens is 311 g/mol. The van der Waals surface area contributed by atoms with E-state index in [1.807, 2.05) is 0 Å². The number of halogens is 1. The van der Waals surface area contributed by atoms with Gasteiger partial charge in [0.15, 0.2) is 11.6 Å². The first-order valence-corrected chi connectivity index (χ1v) is 8.76. The normalized spacial score (nSPS) is 20.4. The Hall–Kier alpha value is -1.91. The van der Waals surface area contributed by atoms with E-state index in [1.165, 1.54) is 18.2 Å². The number of ether oxygens (including phenoxy) is 2. The summed E-state index contributed by atoms with van der Waals surface area (Å²) in [5, 5.41) is 0. The number of benzene rings is 1. The third-order valence-electron chi connectivity index (χ3n) is 4.41. The lowest BCUT2D eigenvalue weighted by atomic mass is 9.79. The number of para-hydroxylation sites is 1. The molecule has 1 saturated carbocycles. The number of carbonyl (C=O) groups excluding carboxylic acids is 2. The van der Waals surface area contributed by atoms with Crippen molar-refractivity contribution >= 4 is 11.9 Å². The minimum atomic E-state index is -0.583. The number of unbranched alkanes of at least 4 members (excludes halogenated alkanes) is 2. The van der Waals surface area contributed by atoms with Gasteiger partial charge in [0.25, 0.3) is 0 Å². The molecule has 4 nitrogen and oxygen atoms in total. The summed E-state index contributed by atoms with van der Waals surface area (Å²) in [6.45, 7) is 2.47. The second-order valence-corrected chi connectivity index (χ2v) is 6.22. The summed E-state index contributed by atoms with van der Waals surface area (Å²) in [4.78, 5) is 24.7. The van der Waals surface area contributed by atoms with Crippen molar-refractivity contribution < 1.29 is 23.5 Å². The molecule has 132 valence electrons. The van der Waals surface area contributed by atoms with E-state index in [2.05, 4.69) is 6.92 Å². The molecule has 0 spiro atoms. The highest BCUT2D eigenvalue weighted by Gasteiger charge is 2.38. The molecule has 2 unspecified atom stereocenters. The van der Waals surface area contributed by atoms with Crippen LogP contribution in [0.5, 0.6) is 5.75 Å². The number of esters is 2. The second-order valence-electron chi connectivity index (χ2n) is 6.22. The summed E-state index contributed by atoms with van der Waals surface area (Å²) >= 11 is 0. The van der Waals surface area contributed by atoms with Crippen molar-refractivity contribution in [2.45, 2.75) is 51.9 Å². The number of hydrogen-bond acceptors (Lipinski definition) is 4. The zero-order valence-corrected chi connectivity index (χ0v) is 14.1. The number of hydrogen-bond donors (Lipinski definition) is 0. The van der Waals surface area contributed by atoms with E-state index in [4.69, 9.17) is 9.47 Å². The maximum absolute atomic E-state index is 13.6. The predicted octanol–water partition coefficient (Wildman–Crippen LogP) is 4.27. The Bertz CT molecular complexity index is 558. The standard InChI is InChI=1S/C19H25FO4/c1-2-3-8-13-23-18(21)14-9-4-5-10-15(14)19(22)24-17-12-7-6-11-16(17)20/h6-7,11-12,14-15H,2-5,8-10,13H2,1H3. The fourth-order valence-electron chi connectivity index (χ4n) is 3.04. The number of carbonyl (C=O) groups is 2. The lowest BCUT2D eigenvalue weighted by molar-refractivity contribution is -0.158. The Balaban J connectivity index is 1.96. The van der Waals surface area contributed by atoms with E-state index in [9.17, 15) is 14.0 Å². The van der Waals surface area contributed by atoms with E-state index in [0.717, 1.165) is 32.1 Å². The van der Waals surface area contributed by atoms with Crippen LogP contribution in [0.2, 0.25) is 0 Å². The van der Waals surface area contributed by atoms with Crippen molar-refractivity contribution in [3.05, 3.63) is 30.1 Å². The van der Waals surface area contributed by atoms with Gasteiger partial charge in [-0.05, 0) is 31.4 Å². The van der Waals surface area contributed by atoms with Crippen LogP contribution in [0.15, 0.2) is 24.3 Å². The van der Waals surface area contributed by atoms with Crippen LogP contribution in [0.25, 0.3) is 0 Å². The lowest BCUT2D eigenvalue weighted by Gasteiger charge is -2.28. The third kappa shape index (κ3) is 5.05. The van der Waals surface area contributed by atoms with Crippen LogP contribution in [0.1, 0.15) is 51.9 Å². The first-order valence-electron chi connectivity index (χ1n) is 8.76. The molecule has 0 radical (unpaired) electrons. The van der Waals surface area contributed by atoms with Gasteiger partial charge < -0.3 is 9.47 Å². The summed E-state index contributed by atoms with van der Waals surface area (Å²) < 4.78 is 24.1. The Morgan fingerprint density at radius 3 is 2.42 bits per heavy atom. The van der Waals surface area contributed by atoms with Crippen molar-refractivity contribution in [2.75, 3.05) is 6.61 Å². The van der Waals surface area contributed by atoms with Gasteiger partial charge in [0.2, 0.25) is 0 Å². The quantitative estimate of drug-likeness (QED) is 0.424. The molecule has 0 bridgehead atoms. The molecular formula is C19H25FO4. The monoisotopic (exact) mass is 336 g/mol. The van der Waals surface area contributed by atoms with E-state index in [1.54, 1.807) is 6.07 Å². The molecule has 2 atom stereocenters. The third-order valence-corrected chi connectivity index (χ3v) is 4.41. The minimum absolute atomic E-state index is 0.0943. The van der Waals surface area contributed by atoms with Crippen LogP contribution in [-0.4, -0.2) is 18.5 Å². The smallest absolute Gasteiger partial charge is 0.315 e. The summed E-state index contributed by atoms with van der Waals surface area (Å²) in [7, 11) is 0. The predicted molar refractivity (Wildman–Crippen MR) is 88.0 cm³/mol. The van der Waals surface area contributed by atoms with Crippen molar-refractivity contribution in [1.82, 2.24) is 0 Å². The van der Waals surface area contributed by atoms with Gasteiger partial charge >= 0.3 is 11.9 Å². The summed E-state index contributed by atoms with van der Waals surface area (Å²) in [5.41, 5.74) is 0. The van der Waals surface area contributed by atoms with Gasteiger partial charge in [-0.2, -0.15) is 0 Å². The Kier molecular flexibility index (Phi) is 7.22. The van der Waals surface area contributed by atoms with E-state index in [0.29, 0.717) is 19.4 Å². The van der Waals surface area contributed by atoms with Crippen LogP contribution >= 0.6 is 0 Å². The molecule has 1 aliphatic carbocycles. The SMILES string of the molecule is CCCCCOC(=O)C1CCCCC1C(=O)Oc1ccccc1F. The van der Waals surface area contributed by atoms with Gasteiger partial charge in [-0.15, -0.1) is 0 Å². The average molecular weight is 336 g/mol. The highest BCUT2D eigenvalue weighted by Crippen LogP contribution is 2.32. The molecule has 1 aromatic carbocycles. The molecule has 0 aromatic heterocycles. The van der Waals surface area contributed by atoms with Gasteiger partial charge in [0.1, 0.15) is 0 Å². The highest BCUT2D eigenvalue weighted by atomic mass is 19.1. The topological polar surface area (TPSA) is 52.6 Å². The van der Waals surface area contributed by atoms with Gasteiger partial charge in [0, 0.05) is 0 Å². The molecule has 0 aliphatic heterocycles. The number of rotatable bonds is 7. The van der Waals surface area contributed by atoms with Gasteiger partial charge in [-0.3, -0.25) is 9.59 Å². The van der Waals surface area contributed by atoms with Gasteiger partial charge in [0.05, 0.1) is 18.4 Å². The summed E-state index contributed by atoms with van der Waals surface area (Å²) in [5.74, 6) is -2.60. The maximum Gasteiger partial charge on any atom is 0.315 e. The first kappa shape index (κ1) is 18.4. The molecule has 24 heavy (non-hydrogen) atoms. The van der Waals surface area contributed by atoms with Crippen molar-refractivity contribution in [2.24, 2.45) is 11.8 Å². The highest BCUT2D eigenvalue weighted by molar-refractivity contribution is 5.83. The van der Waals surface area contributed by atoms with Gasteiger partial charge in [-0.1, -0.05) is 44.7 Å². The van der Waals surface area contributed by atoms with Crippen LogP contribution in [-0.2, 0) is 14.3 Å². The molecule has 2 rings (SSSR count). The van der Waals surface area contributed by atoms with E-state index in [-0.39, 0.29) is 11.7 Å². The molecule has 0 amide bonds. The van der Waals surface area contributed by atoms with Crippen LogP contribution in [0.4, 0.5) is 4.39 Å². The Labute approximate surface area is 142 Å². The zero-order chi connectivity index (χ0) is 17.4. The molecule has 0 saturated heterocycles. The average Bonchev–Trinajstić information content (AvgIpc) is 2.60. The van der Waals surface area contributed by atoms with Crippen LogP contribution in [0.3, 0.4) is 0 Å². The lowest BCUT2D eigenvalue weighted by Crippen LogP contribution is -2.36. The van der Waals surface area contributed by atoms with Crippen LogP contribution < -0.4 is 4.74 Å². The summed E-state index contributed by atoms with van der Waals surface area (Å²) in [6.07, 6.45) is 5.83. The molecule has 1 fully saturated rings.